The van der Waals surface area contributed by atoms with Crippen LogP contribution in [0.15, 0.2) is 54.9 Å². The van der Waals surface area contributed by atoms with Crippen molar-refractivity contribution in [2.75, 3.05) is 29.9 Å². The number of hydrogen-bond acceptors (Lipinski definition) is 5. The molecule has 168 valence electrons. The van der Waals surface area contributed by atoms with Crippen LogP contribution in [-0.4, -0.2) is 34.7 Å². The molecular weight excluding hydrogens is 441 g/mol. The Morgan fingerprint density at radius 3 is 2.41 bits per heavy atom. The molecule has 1 aliphatic rings. The van der Waals surface area contributed by atoms with Gasteiger partial charge in [-0.15, -0.1) is 0 Å². The topological polar surface area (TPSA) is 61.3 Å². The van der Waals surface area contributed by atoms with E-state index < -0.39 is 22.9 Å². The van der Waals surface area contributed by atoms with Crippen LogP contribution in [0.5, 0.6) is 0 Å². The lowest BCUT2D eigenvalue weighted by molar-refractivity contribution is -0.137. The Kier molecular flexibility index (Phi) is 6.53. The molecule has 32 heavy (non-hydrogen) atoms. The van der Waals surface area contributed by atoms with Gasteiger partial charge in [0.15, 0.2) is 0 Å². The summed E-state index contributed by atoms with van der Waals surface area (Å²) in [6.45, 7) is 2.33. The molecule has 0 amide bonds. The van der Waals surface area contributed by atoms with Crippen LogP contribution in [-0.2, 0) is 6.18 Å². The maximum absolute atomic E-state index is 12.9. The van der Waals surface area contributed by atoms with Crippen molar-refractivity contribution in [3.63, 3.8) is 0 Å². The van der Waals surface area contributed by atoms with Gasteiger partial charge in [-0.25, -0.2) is 9.97 Å². The molecule has 4 rings (SSSR count). The molecule has 0 aliphatic carbocycles. The van der Waals surface area contributed by atoms with Crippen LogP contribution in [0, 0.1) is 0 Å². The lowest BCUT2D eigenvalue weighted by Crippen LogP contribution is -2.18. The molecular formula is C23H22ClF3N4O. The van der Waals surface area contributed by atoms with Crippen LogP contribution in [0.3, 0.4) is 0 Å². The predicted molar refractivity (Wildman–Crippen MR) is 119 cm³/mol. The summed E-state index contributed by atoms with van der Waals surface area (Å²) in [4.78, 5) is 10.6. The fraction of sp³-hybridized carbons (Fsp3) is 0.304. The summed E-state index contributed by atoms with van der Waals surface area (Å²) in [6, 6.07) is 12.9. The van der Waals surface area contributed by atoms with E-state index in [-0.39, 0.29) is 6.54 Å². The molecule has 2 N–H and O–H groups in total. The zero-order valence-electron chi connectivity index (χ0n) is 17.1. The molecule has 0 radical (unpaired) electrons. The Morgan fingerprint density at radius 1 is 1.03 bits per heavy atom. The Labute approximate surface area is 188 Å². The van der Waals surface area contributed by atoms with E-state index in [4.69, 9.17) is 11.6 Å². The van der Waals surface area contributed by atoms with Gasteiger partial charge in [0.1, 0.15) is 12.1 Å². The van der Waals surface area contributed by atoms with E-state index in [0.717, 1.165) is 30.4 Å². The zero-order valence-corrected chi connectivity index (χ0v) is 17.9. The fourth-order valence-electron chi connectivity index (χ4n) is 3.72. The van der Waals surface area contributed by atoms with E-state index in [1.165, 1.54) is 31.3 Å². The first-order valence-electron chi connectivity index (χ1n) is 10.3. The van der Waals surface area contributed by atoms with Crippen molar-refractivity contribution in [2.45, 2.75) is 25.1 Å². The molecule has 5 nitrogen and oxygen atoms in total. The van der Waals surface area contributed by atoms with E-state index in [2.05, 4.69) is 20.2 Å². The van der Waals surface area contributed by atoms with Gasteiger partial charge in [-0.05, 0) is 42.7 Å². The molecule has 0 saturated carbocycles. The average molecular weight is 463 g/mol. The second-order valence-corrected chi connectivity index (χ2v) is 8.07. The second-order valence-electron chi connectivity index (χ2n) is 7.66. The summed E-state index contributed by atoms with van der Waals surface area (Å²) in [5, 5.41) is 13.2. The standard InChI is InChI=1S/C23H22ClF3N4O/c24-19-11-16(5-8-18(19)23(25,26)27)20-12-22(30-14-29-20)28-13-21(32)15-3-6-17(7-4-15)31-9-1-2-10-31/h3-8,11-12,14,21,32H,1-2,9-10,13H2,(H,28,29,30). The number of nitrogens with one attached hydrogen (secondary N) is 1. The summed E-state index contributed by atoms with van der Waals surface area (Å²) < 4.78 is 38.8. The molecule has 2 aromatic carbocycles. The highest BCUT2D eigenvalue weighted by molar-refractivity contribution is 6.31. The van der Waals surface area contributed by atoms with Gasteiger partial charge in [0, 0.05) is 37.0 Å². The maximum Gasteiger partial charge on any atom is 0.417 e. The third-order valence-corrected chi connectivity index (χ3v) is 5.78. The lowest BCUT2D eigenvalue weighted by Gasteiger charge is -2.19. The number of rotatable bonds is 6. The molecule has 1 unspecified atom stereocenters. The van der Waals surface area contributed by atoms with E-state index in [1.807, 2.05) is 24.3 Å². The van der Waals surface area contributed by atoms with Gasteiger partial charge >= 0.3 is 6.18 Å². The van der Waals surface area contributed by atoms with Crippen LogP contribution in [0.25, 0.3) is 11.3 Å². The normalized spacial score (nSPS) is 15.1. The van der Waals surface area contributed by atoms with Crippen LogP contribution < -0.4 is 10.2 Å². The summed E-state index contributed by atoms with van der Waals surface area (Å²) in [7, 11) is 0. The molecule has 2 heterocycles. The van der Waals surface area contributed by atoms with E-state index in [0.29, 0.717) is 17.1 Å². The van der Waals surface area contributed by atoms with Crippen LogP contribution in [0.1, 0.15) is 30.1 Å². The number of alkyl halides is 3. The lowest BCUT2D eigenvalue weighted by atomic mass is 10.1. The second kappa shape index (κ2) is 9.34. The molecule has 1 saturated heterocycles. The Bertz CT molecular complexity index is 1070. The van der Waals surface area contributed by atoms with Crippen molar-refractivity contribution in [3.05, 3.63) is 71.0 Å². The van der Waals surface area contributed by atoms with Gasteiger partial charge in [-0.3, -0.25) is 0 Å². The van der Waals surface area contributed by atoms with Gasteiger partial charge in [-0.2, -0.15) is 13.2 Å². The third-order valence-electron chi connectivity index (χ3n) is 5.46. The number of benzene rings is 2. The van der Waals surface area contributed by atoms with Gasteiger partial charge in [0.05, 0.1) is 22.4 Å². The van der Waals surface area contributed by atoms with Gasteiger partial charge in [0.25, 0.3) is 0 Å². The van der Waals surface area contributed by atoms with Crippen molar-refractivity contribution >= 4 is 23.1 Å². The number of hydrogen-bond donors (Lipinski definition) is 2. The first-order valence-corrected chi connectivity index (χ1v) is 10.6. The Morgan fingerprint density at radius 2 is 1.75 bits per heavy atom. The molecule has 1 fully saturated rings. The number of halogens is 4. The van der Waals surface area contributed by atoms with Gasteiger partial charge in [0.2, 0.25) is 0 Å². The monoisotopic (exact) mass is 462 g/mol. The number of aliphatic hydroxyl groups excluding tert-OH is 1. The highest BCUT2D eigenvalue weighted by atomic mass is 35.5. The summed E-state index contributed by atoms with van der Waals surface area (Å²) in [5.74, 6) is 0.443. The molecule has 1 aliphatic heterocycles. The first-order chi connectivity index (χ1) is 15.3. The Balaban J connectivity index is 1.41. The quantitative estimate of drug-likeness (QED) is 0.502. The molecule has 9 heteroatoms. The largest absolute Gasteiger partial charge is 0.417 e. The minimum atomic E-state index is -4.52. The SMILES string of the molecule is OC(CNc1cc(-c2ccc(C(F)(F)F)c(Cl)c2)ncn1)c1ccc(N2CCCC2)cc1. The van der Waals surface area contributed by atoms with E-state index in [1.54, 1.807) is 6.07 Å². The van der Waals surface area contributed by atoms with Crippen LogP contribution >= 0.6 is 11.6 Å². The Hall–Kier alpha value is -2.84. The van der Waals surface area contributed by atoms with E-state index >= 15 is 0 Å². The minimum Gasteiger partial charge on any atom is -0.387 e. The number of aromatic nitrogens is 2. The highest BCUT2D eigenvalue weighted by Crippen LogP contribution is 2.36. The smallest absolute Gasteiger partial charge is 0.387 e. The predicted octanol–water partition coefficient (Wildman–Crippen LogP) is 5.56. The first kappa shape index (κ1) is 22.4. The van der Waals surface area contributed by atoms with Gasteiger partial charge in [-0.1, -0.05) is 29.8 Å². The highest BCUT2D eigenvalue weighted by Gasteiger charge is 2.33. The summed E-state index contributed by atoms with van der Waals surface area (Å²) in [5.41, 5.74) is 1.90. The summed E-state index contributed by atoms with van der Waals surface area (Å²) >= 11 is 5.81. The molecule has 1 aromatic heterocycles. The van der Waals surface area contributed by atoms with Crippen molar-refractivity contribution in [1.29, 1.82) is 0 Å². The molecule has 1 atom stereocenters. The third kappa shape index (κ3) is 5.14. The van der Waals surface area contributed by atoms with Gasteiger partial charge < -0.3 is 15.3 Å². The minimum absolute atomic E-state index is 0.216. The number of anilines is 2. The maximum atomic E-state index is 12.9. The number of nitrogens with zero attached hydrogens (tertiary/aromatic N) is 3. The van der Waals surface area contributed by atoms with Crippen LogP contribution in [0.4, 0.5) is 24.7 Å². The zero-order chi connectivity index (χ0) is 22.7. The van der Waals surface area contributed by atoms with Crippen molar-refractivity contribution in [1.82, 2.24) is 9.97 Å². The van der Waals surface area contributed by atoms with Crippen molar-refractivity contribution in [2.24, 2.45) is 0 Å². The van der Waals surface area contributed by atoms with Crippen molar-refractivity contribution < 1.29 is 18.3 Å². The number of aliphatic hydroxyl groups is 1. The molecule has 0 spiro atoms. The van der Waals surface area contributed by atoms with E-state index in [9.17, 15) is 18.3 Å². The van der Waals surface area contributed by atoms with Crippen LogP contribution in [0.2, 0.25) is 5.02 Å². The molecule has 0 bridgehead atoms. The average Bonchev–Trinajstić information content (AvgIpc) is 3.32. The molecule has 3 aromatic rings. The fourth-order valence-corrected chi connectivity index (χ4v) is 4.01. The summed E-state index contributed by atoms with van der Waals surface area (Å²) in [6.07, 6.45) is -1.56. The van der Waals surface area contributed by atoms with Crippen molar-refractivity contribution in [3.8, 4) is 11.3 Å².